The second kappa shape index (κ2) is 4.55. The van der Waals surface area contributed by atoms with E-state index in [1.165, 1.54) is 0 Å². The average Bonchev–Trinajstić information content (AvgIpc) is 2.09. The molecule has 1 aromatic rings. The number of hydrogen-bond acceptors (Lipinski definition) is 2. The van der Waals surface area contributed by atoms with E-state index >= 15 is 0 Å². The molecule has 0 saturated carbocycles. The molecule has 13 heavy (non-hydrogen) atoms. The first kappa shape index (κ1) is 10.4. The van der Waals surface area contributed by atoms with Gasteiger partial charge in [0.1, 0.15) is 0 Å². The molecule has 1 nitrogen and oxygen atoms in total. The molecule has 68 valence electrons. The monoisotopic (exact) mass is 211 g/mol. The van der Waals surface area contributed by atoms with Gasteiger partial charge in [0, 0.05) is 9.92 Å². The average molecular weight is 212 g/mol. The molecule has 1 aromatic carbocycles. The highest BCUT2D eigenvalue weighted by molar-refractivity contribution is 7.99. The summed E-state index contributed by atoms with van der Waals surface area (Å²) >= 11 is 7.50. The van der Waals surface area contributed by atoms with Crippen molar-refractivity contribution in [3.8, 4) is 6.07 Å². The highest BCUT2D eigenvalue weighted by atomic mass is 35.5. The third-order valence-electron chi connectivity index (χ3n) is 1.75. The summed E-state index contributed by atoms with van der Waals surface area (Å²) in [5, 5.41) is 9.24. The van der Waals surface area contributed by atoms with E-state index in [0.29, 0.717) is 5.75 Å². The zero-order valence-electron chi connectivity index (χ0n) is 7.60. The van der Waals surface area contributed by atoms with Gasteiger partial charge >= 0.3 is 0 Å². The zero-order chi connectivity index (χ0) is 9.84. The first-order chi connectivity index (χ1) is 6.15. The normalized spacial score (nSPS) is 9.69. The fourth-order valence-electron chi connectivity index (χ4n) is 1.02. The molecular formula is C10H10ClNS. The molecule has 0 amide bonds. The Labute approximate surface area is 87.7 Å². The van der Waals surface area contributed by atoms with Crippen LogP contribution in [0, 0.1) is 25.2 Å². The van der Waals surface area contributed by atoms with Crippen LogP contribution in [-0.4, -0.2) is 5.75 Å². The van der Waals surface area contributed by atoms with Crippen molar-refractivity contribution in [3.63, 3.8) is 0 Å². The van der Waals surface area contributed by atoms with Crippen molar-refractivity contribution in [2.45, 2.75) is 18.7 Å². The maximum Gasteiger partial charge on any atom is 0.0855 e. The molecule has 0 aliphatic heterocycles. The lowest BCUT2D eigenvalue weighted by molar-refractivity contribution is 1.26. The molecule has 0 aromatic heterocycles. The third-order valence-corrected chi connectivity index (χ3v) is 3.18. The highest BCUT2D eigenvalue weighted by Gasteiger charge is 2.02. The van der Waals surface area contributed by atoms with Crippen LogP contribution in [0.2, 0.25) is 5.02 Å². The summed E-state index contributed by atoms with van der Waals surface area (Å²) in [6, 6.07) is 6.08. The number of thioether (sulfide) groups is 1. The number of hydrogen-bond donors (Lipinski definition) is 0. The van der Waals surface area contributed by atoms with Crippen molar-refractivity contribution >= 4 is 23.4 Å². The molecular weight excluding hydrogens is 202 g/mol. The maximum atomic E-state index is 8.45. The second-order valence-electron chi connectivity index (χ2n) is 2.81. The Hall–Kier alpha value is -0.650. The van der Waals surface area contributed by atoms with Crippen LogP contribution in [0.15, 0.2) is 17.0 Å². The summed E-state index contributed by atoms with van der Waals surface area (Å²) in [7, 11) is 0. The quantitative estimate of drug-likeness (QED) is 0.699. The standard InChI is InChI=1S/C10H10ClNS/c1-7-6-10(13-4-3-12)8(2)5-9(7)11/h5-6H,4H2,1-2H3. The van der Waals surface area contributed by atoms with Crippen LogP contribution in [0.3, 0.4) is 0 Å². The van der Waals surface area contributed by atoms with Gasteiger partial charge in [0.25, 0.3) is 0 Å². The van der Waals surface area contributed by atoms with Gasteiger partial charge in [0.15, 0.2) is 0 Å². The summed E-state index contributed by atoms with van der Waals surface area (Å²) in [6.45, 7) is 3.98. The largest absolute Gasteiger partial charge is 0.197 e. The zero-order valence-corrected chi connectivity index (χ0v) is 9.17. The van der Waals surface area contributed by atoms with Crippen LogP contribution in [0.25, 0.3) is 0 Å². The van der Waals surface area contributed by atoms with Gasteiger partial charge in [-0.1, -0.05) is 11.6 Å². The van der Waals surface area contributed by atoms with E-state index in [0.717, 1.165) is 21.0 Å². The van der Waals surface area contributed by atoms with E-state index in [2.05, 4.69) is 6.07 Å². The van der Waals surface area contributed by atoms with E-state index in [-0.39, 0.29) is 0 Å². The van der Waals surface area contributed by atoms with Gasteiger partial charge in [0.05, 0.1) is 11.8 Å². The maximum absolute atomic E-state index is 8.45. The minimum atomic E-state index is 0.488. The molecule has 3 heteroatoms. The van der Waals surface area contributed by atoms with Gasteiger partial charge in [-0.25, -0.2) is 0 Å². The number of benzene rings is 1. The first-order valence-electron chi connectivity index (χ1n) is 3.91. The van der Waals surface area contributed by atoms with Gasteiger partial charge < -0.3 is 0 Å². The van der Waals surface area contributed by atoms with Crippen LogP contribution < -0.4 is 0 Å². The van der Waals surface area contributed by atoms with Crippen molar-refractivity contribution in [1.82, 2.24) is 0 Å². The molecule has 0 atom stereocenters. The van der Waals surface area contributed by atoms with Crippen LogP contribution in [0.1, 0.15) is 11.1 Å². The van der Waals surface area contributed by atoms with Crippen molar-refractivity contribution < 1.29 is 0 Å². The van der Waals surface area contributed by atoms with Crippen LogP contribution in [0.4, 0.5) is 0 Å². The fraction of sp³-hybridized carbons (Fsp3) is 0.300. The van der Waals surface area contributed by atoms with Gasteiger partial charge in [-0.15, -0.1) is 11.8 Å². The molecule has 0 bridgehead atoms. The minimum absolute atomic E-state index is 0.488. The fourth-order valence-corrected chi connectivity index (χ4v) is 2.00. The topological polar surface area (TPSA) is 23.8 Å². The Morgan fingerprint density at radius 2 is 2.08 bits per heavy atom. The summed E-state index contributed by atoms with van der Waals surface area (Å²) < 4.78 is 0. The van der Waals surface area contributed by atoms with Crippen molar-refractivity contribution in [1.29, 1.82) is 5.26 Å². The Morgan fingerprint density at radius 1 is 1.38 bits per heavy atom. The number of halogens is 1. The molecule has 1 rings (SSSR count). The first-order valence-corrected chi connectivity index (χ1v) is 5.28. The lowest BCUT2D eigenvalue weighted by atomic mass is 10.2. The number of aryl methyl sites for hydroxylation is 2. The van der Waals surface area contributed by atoms with Crippen molar-refractivity contribution in [2.75, 3.05) is 5.75 Å². The van der Waals surface area contributed by atoms with Crippen molar-refractivity contribution in [2.24, 2.45) is 0 Å². The molecule has 0 radical (unpaired) electrons. The van der Waals surface area contributed by atoms with Crippen LogP contribution in [-0.2, 0) is 0 Å². The van der Waals surface area contributed by atoms with E-state index in [1.54, 1.807) is 11.8 Å². The highest BCUT2D eigenvalue weighted by Crippen LogP contribution is 2.27. The van der Waals surface area contributed by atoms with Crippen molar-refractivity contribution in [3.05, 3.63) is 28.3 Å². The second-order valence-corrected chi connectivity index (χ2v) is 4.24. The summed E-state index contributed by atoms with van der Waals surface area (Å²) in [6.07, 6.45) is 0. The van der Waals surface area contributed by atoms with Gasteiger partial charge in [-0.3, -0.25) is 0 Å². The Bertz CT molecular complexity index is 355. The summed E-state index contributed by atoms with van der Waals surface area (Å²) in [5.74, 6) is 0.488. The molecule has 0 spiro atoms. The predicted molar refractivity (Wildman–Crippen MR) is 57.3 cm³/mol. The minimum Gasteiger partial charge on any atom is -0.197 e. The summed E-state index contributed by atoms with van der Waals surface area (Å²) in [5.41, 5.74) is 2.20. The predicted octanol–water partition coefficient (Wildman–Crippen LogP) is 3.57. The number of nitrogens with zero attached hydrogens (tertiary/aromatic N) is 1. The van der Waals surface area contributed by atoms with Gasteiger partial charge in [0.2, 0.25) is 0 Å². The van der Waals surface area contributed by atoms with E-state index in [9.17, 15) is 0 Å². The van der Waals surface area contributed by atoms with E-state index in [1.807, 2.05) is 26.0 Å². The molecule has 0 fully saturated rings. The molecule has 0 unspecified atom stereocenters. The lowest BCUT2D eigenvalue weighted by Crippen LogP contribution is -1.84. The Morgan fingerprint density at radius 3 is 2.69 bits per heavy atom. The molecule has 0 heterocycles. The third kappa shape index (κ3) is 2.65. The SMILES string of the molecule is Cc1cc(SCC#N)c(C)cc1Cl. The van der Waals surface area contributed by atoms with Crippen LogP contribution >= 0.6 is 23.4 Å². The lowest BCUT2D eigenvalue weighted by Gasteiger charge is -2.05. The summed E-state index contributed by atoms with van der Waals surface area (Å²) in [4.78, 5) is 1.14. The Balaban J connectivity index is 2.96. The smallest absolute Gasteiger partial charge is 0.0855 e. The van der Waals surface area contributed by atoms with Crippen LogP contribution in [0.5, 0.6) is 0 Å². The van der Waals surface area contributed by atoms with Gasteiger partial charge in [-0.2, -0.15) is 5.26 Å². The van der Waals surface area contributed by atoms with Gasteiger partial charge in [-0.05, 0) is 37.1 Å². The number of rotatable bonds is 2. The molecule has 0 N–H and O–H groups in total. The number of nitriles is 1. The van der Waals surface area contributed by atoms with E-state index < -0.39 is 0 Å². The molecule has 0 saturated heterocycles. The molecule has 0 aliphatic carbocycles. The Kier molecular flexibility index (Phi) is 3.65. The molecule has 0 aliphatic rings. The van der Waals surface area contributed by atoms with E-state index in [4.69, 9.17) is 16.9 Å².